The molecule has 0 aromatic heterocycles. The number of ether oxygens (including phenoxy) is 2. The smallest absolute Gasteiger partial charge is 0.240 e. The molecular formula is C16H25N3O5S. The summed E-state index contributed by atoms with van der Waals surface area (Å²) < 4.78 is 37.4. The number of carbonyl (C=O) groups is 1. The van der Waals surface area contributed by atoms with E-state index in [-0.39, 0.29) is 29.8 Å². The van der Waals surface area contributed by atoms with Crippen LogP contribution in [0.15, 0.2) is 23.1 Å². The predicted molar refractivity (Wildman–Crippen MR) is 93.4 cm³/mol. The van der Waals surface area contributed by atoms with Crippen molar-refractivity contribution in [2.45, 2.75) is 24.3 Å². The summed E-state index contributed by atoms with van der Waals surface area (Å²) >= 11 is 0. The van der Waals surface area contributed by atoms with Gasteiger partial charge >= 0.3 is 0 Å². The number of carbonyl (C=O) groups excluding carboxylic acids is 1. The van der Waals surface area contributed by atoms with Gasteiger partial charge in [0, 0.05) is 44.7 Å². The number of methoxy groups -OCH3 is 2. The molecule has 0 radical (unpaired) electrons. The van der Waals surface area contributed by atoms with Gasteiger partial charge in [-0.05, 0) is 19.1 Å². The van der Waals surface area contributed by atoms with Crippen LogP contribution >= 0.6 is 0 Å². The number of hydrogen-bond acceptors (Lipinski definition) is 6. The van der Waals surface area contributed by atoms with E-state index in [0.29, 0.717) is 18.0 Å². The zero-order valence-electron chi connectivity index (χ0n) is 14.7. The number of hydrogen-bond donors (Lipinski definition) is 2. The molecule has 1 heterocycles. The average molecular weight is 371 g/mol. The highest BCUT2D eigenvalue weighted by Gasteiger charge is 2.23. The fourth-order valence-electron chi connectivity index (χ4n) is 2.71. The van der Waals surface area contributed by atoms with Crippen LogP contribution in [0, 0.1) is 0 Å². The summed E-state index contributed by atoms with van der Waals surface area (Å²) in [4.78, 5) is 14.1. The number of sulfonamides is 1. The first-order valence-corrected chi connectivity index (χ1v) is 9.59. The molecule has 1 amide bonds. The Labute approximate surface area is 148 Å². The summed E-state index contributed by atoms with van der Waals surface area (Å²) in [5.74, 6) is 0.726. The lowest BCUT2D eigenvalue weighted by Gasteiger charge is -2.34. The summed E-state index contributed by atoms with van der Waals surface area (Å²) in [6.45, 7) is 4.17. The van der Waals surface area contributed by atoms with Gasteiger partial charge in [0.25, 0.3) is 0 Å². The lowest BCUT2D eigenvalue weighted by Crippen LogP contribution is -2.52. The SMILES string of the molecule is COc1ccc(S(=O)(=O)NCCC(=O)N2CCNC[C@@H]2C)cc1OC. The summed E-state index contributed by atoms with van der Waals surface area (Å²) in [7, 11) is -0.808. The second kappa shape index (κ2) is 8.50. The summed E-state index contributed by atoms with van der Waals surface area (Å²) in [6, 6.07) is 4.47. The van der Waals surface area contributed by atoms with Gasteiger partial charge in [-0.3, -0.25) is 4.79 Å². The Morgan fingerprint density at radius 2 is 2.04 bits per heavy atom. The van der Waals surface area contributed by atoms with Gasteiger partial charge in [-0.2, -0.15) is 0 Å². The lowest BCUT2D eigenvalue weighted by atomic mass is 10.2. The highest BCUT2D eigenvalue weighted by molar-refractivity contribution is 7.89. The van der Waals surface area contributed by atoms with Gasteiger partial charge in [-0.15, -0.1) is 0 Å². The summed E-state index contributed by atoms with van der Waals surface area (Å²) in [5.41, 5.74) is 0. The minimum absolute atomic E-state index is 0.0478. The molecule has 1 aliphatic rings. The molecule has 1 saturated heterocycles. The second-order valence-electron chi connectivity index (χ2n) is 5.80. The average Bonchev–Trinajstić information content (AvgIpc) is 2.61. The number of amides is 1. The quantitative estimate of drug-likeness (QED) is 0.710. The van der Waals surface area contributed by atoms with Crippen molar-refractivity contribution >= 4 is 15.9 Å². The van der Waals surface area contributed by atoms with E-state index >= 15 is 0 Å². The third kappa shape index (κ3) is 4.83. The number of nitrogens with zero attached hydrogens (tertiary/aromatic N) is 1. The standard InChI is InChI=1S/C16H25N3O5S/c1-12-11-17-8-9-19(12)16(20)6-7-18-25(21,22)13-4-5-14(23-2)15(10-13)24-3/h4-5,10,12,17-18H,6-9,11H2,1-3H3/t12-/m0/s1. The number of rotatable bonds is 7. The first kappa shape index (κ1) is 19.5. The van der Waals surface area contributed by atoms with E-state index in [0.717, 1.165) is 13.1 Å². The molecule has 9 heteroatoms. The molecule has 0 spiro atoms. The van der Waals surface area contributed by atoms with Crippen LogP contribution in [-0.2, 0) is 14.8 Å². The van der Waals surface area contributed by atoms with E-state index in [1.54, 1.807) is 4.90 Å². The minimum Gasteiger partial charge on any atom is -0.493 e. The Balaban J connectivity index is 1.96. The Morgan fingerprint density at radius 1 is 1.32 bits per heavy atom. The van der Waals surface area contributed by atoms with E-state index in [1.807, 2.05) is 6.92 Å². The fourth-order valence-corrected chi connectivity index (χ4v) is 3.76. The van der Waals surface area contributed by atoms with Gasteiger partial charge in [0.15, 0.2) is 11.5 Å². The van der Waals surface area contributed by atoms with E-state index in [2.05, 4.69) is 10.0 Å². The minimum atomic E-state index is -3.73. The van der Waals surface area contributed by atoms with Gasteiger partial charge in [0.2, 0.25) is 15.9 Å². The van der Waals surface area contributed by atoms with Crippen molar-refractivity contribution < 1.29 is 22.7 Å². The first-order valence-electron chi connectivity index (χ1n) is 8.11. The predicted octanol–water partition coefficient (Wildman–Crippen LogP) is 0.193. The molecule has 140 valence electrons. The van der Waals surface area contributed by atoms with Crippen molar-refractivity contribution in [2.24, 2.45) is 0 Å². The van der Waals surface area contributed by atoms with Gasteiger partial charge < -0.3 is 19.7 Å². The van der Waals surface area contributed by atoms with Crippen molar-refractivity contribution in [3.63, 3.8) is 0 Å². The van der Waals surface area contributed by atoms with Crippen molar-refractivity contribution in [1.82, 2.24) is 14.9 Å². The molecule has 1 atom stereocenters. The van der Waals surface area contributed by atoms with E-state index in [4.69, 9.17) is 9.47 Å². The molecule has 0 saturated carbocycles. The highest BCUT2D eigenvalue weighted by Crippen LogP contribution is 2.29. The molecule has 1 aliphatic heterocycles. The molecular weight excluding hydrogens is 346 g/mol. The van der Waals surface area contributed by atoms with Crippen LogP contribution in [0.1, 0.15) is 13.3 Å². The van der Waals surface area contributed by atoms with E-state index in [9.17, 15) is 13.2 Å². The topological polar surface area (TPSA) is 97.0 Å². The summed E-state index contributed by atoms with van der Waals surface area (Å²) in [5, 5.41) is 3.21. The molecule has 0 bridgehead atoms. The van der Waals surface area contributed by atoms with Gasteiger partial charge in [-0.25, -0.2) is 13.1 Å². The molecule has 8 nitrogen and oxygen atoms in total. The molecule has 25 heavy (non-hydrogen) atoms. The molecule has 2 N–H and O–H groups in total. The van der Waals surface area contributed by atoms with Crippen molar-refractivity contribution in [2.75, 3.05) is 40.4 Å². The normalized spacial score (nSPS) is 18.0. The molecule has 1 aromatic carbocycles. The maximum atomic E-state index is 12.4. The maximum Gasteiger partial charge on any atom is 0.240 e. The Bertz CT molecular complexity index is 708. The molecule has 0 aliphatic carbocycles. The maximum absolute atomic E-state index is 12.4. The van der Waals surface area contributed by atoms with Crippen molar-refractivity contribution in [1.29, 1.82) is 0 Å². The molecule has 0 unspecified atom stereocenters. The summed E-state index contributed by atoms with van der Waals surface area (Å²) in [6.07, 6.45) is 0.122. The Hall–Kier alpha value is -1.84. The van der Waals surface area contributed by atoms with Crippen LogP contribution in [0.25, 0.3) is 0 Å². The molecule has 1 fully saturated rings. The van der Waals surface area contributed by atoms with Crippen LogP contribution in [0.2, 0.25) is 0 Å². The monoisotopic (exact) mass is 371 g/mol. The van der Waals surface area contributed by atoms with Crippen LogP contribution in [-0.4, -0.2) is 65.7 Å². The van der Waals surface area contributed by atoms with Crippen LogP contribution < -0.4 is 19.5 Å². The van der Waals surface area contributed by atoms with Gasteiger partial charge in [-0.1, -0.05) is 0 Å². The first-order chi connectivity index (χ1) is 11.9. The van der Waals surface area contributed by atoms with E-state index in [1.165, 1.54) is 32.4 Å². The zero-order chi connectivity index (χ0) is 18.4. The highest BCUT2D eigenvalue weighted by atomic mass is 32.2. The number of benzene rings is 1. The van der Waals surface area contributed by atoms with Gasteiger partial charge in [0.05, 0.1) is 19.1 Å². The third-order valence-corrected chi connectivity index (χ3v) is 5.58. The van der Waals surface area contributed by atoms with Crippen molar-refractivity contribution in [3.05, 3.63) is 18.2 Å². The zero-order valence-corrected chi connectivity index (χ0v) is 15.6. The number of nitrogens with one attached hydrogen (secondary N) is 2. The van der Waals surface area contributed by atoms with E-state index < -0.39 is 10.0 Å². The lowest BCUT2D eigenvalue weighted by molar-refractivity contribution is -0.133. The van der Waals surface area contributed by atoms with Crippen LogP contribution in [0.3, 0.4) is 0 Å². The fraction of sp³-hybridized carbons (Fsp3) is 0.562. The Morgan fingerprint density at radius 3 is 2.68 bits per heavy atom. The largest absolute Gasteiger partial charge is 0.493 e. The Kier molecular flexibility index (Phi) is 6.63. The van der Waals surface area contributed by atoms with Crippen molar-refractivity contribution in [3.8, 4) is 11.5 Å². The second-order valence-corrected chi connectivity index (χ2v) is 7.57. The number of piperazine rings is 1. The molecule has 2 rings (SSSR count). The van der Waals surface area contributed by atoms with Gasteiger partial charge in [0.1, 0.15) is 0 Å². The van der Waals surface area contributed by atoms with Crippen LogP contribution in [0.4, 0.5) is 0 Å². The third-order valence-electron chi connectivity index (χ3n) is 4.12. The molecule has 1 aromatic rings. The van der Waals surface area contributed by atoms with Crippen LogP contribution in [0.5, 0.6) is 11.5 Å².